The van der Waals surface area contributed by atoms with Gasteiger partial charge in [0.1, 0.15) is 0 Å². The zero-order chi connectivity index (χ0) is 16.7. The summed E-state index contributed by atoms with van der Waals surface area (Å²) in [6, 6.07) is 3.70. The van der Waals surface area contributed by atoms with Crippen LogP contribution in [0.1, 0.15) is 24.8 Å². The van der Waals surface area contributed by atoms with Crippen LogP contribution in [0.25, 0.3) is 0 Å². The maximum atomic E-state index is 12.1. The molecule has 0 aliphatic carbocycles. The number of piperidine rings is 1. The van der Waals surface area contributed by atoms with Gasteiger partial charge in [-0.1, -0.05) is 6.42 Å². The molecular weight excluding hydrogens is 296 g/mol. The number of nitrogens with zero attached hydrogens (tertiary/aromatic N) is 1. The summed E-state index contributed by atoms with van der Waals surface area (Å²) in [7, 11) is 4.73. The van der Waals surface area contributed by atoms with Gasteiger partial charge in [-0.15, -0.1) is 0 Å². The summed E-state index contributed by atoms with van der Waals surface area (Å²) in [5.74, 6) is 1.78. The van der Waals surface area contributed by atoms with E-state index in [9.17, 15) is 4.79 Å². The predicted octanol–water partition coefficient (Wildman–Crippen LogP) is 1.81. The van der Waals surface area contributed by atoms with Crippen molar-refractivity contribution >= 4 is 5.91 Å². The fraction of sp³-hybridized carbons (Fsp3) is 0.588. The molecule has 1 aliphatic rings. The molecule has 1 saturated heterocycles. The van der Waals surface area contributed by atoms with E-state index in [4.69, 9.17) is 14.2 Å². The van der Waals surface area contributed by atoms with E-state index < -0.39 is 0 Å². The van der Waals surface area contributed by atoms with Crippen LogP contribution in [-0.4, -0.2) is 51.8 Å². The van der Waals surface area contributed by atoms with Crippen LogP contribution >= 0.6 is 0 Å². The summed E-state index contributed by atoms with van der Waals surface area (Å²) in [5, 5.41) is 2.95. The van der Waals surface area contributed by atoms with Crippen molar-refractivity contribution in [3.05, 3.63) is 17.7 Å². The molecule has 128 valence electrons. The van der Waals surface area contributed by atoms with E-state index in [-0.39, 0.29) is 5.91 Å². The first kappa shape index (κ1) is 17.4. The highest BCUT2D eigenvalue weighted by Crippen LogP contribution is 2.38. The third-order valence-electron chi connectivity index (χ3n) is 4.03. The first-order valence-electron chi connectivity index (χ1n) is 7.96. The highest BCUT2D eigenvalue weighted by molar-refractivity contribution is 5.78. The minimum absolute atomic E-state index is 0.0423. The molecule has 0 atom stereocenters. The van der Waals surface area contributed by atoms with Crippen molar-refractivity contribution in [3.8, 4) is 17.2 Å². The summed E-state index contributed by atoms with van der Waals surface area (Å²) >= 11 is 0. The predicted molar refractivity (Wildman–Crippen MR) is 88.2 cm³/mol. The van der Waals surface area contributed by atoms with Gasteiger partial charge < -0.3 is 19.5 Å². The average Bonchev–Trinajstić information content (AvgIpc) is 2.59. The van der Waals surface area contributed by atoms with E-state index in [1.165, 1.54) is 19.3 Å². The van der Waals surface area contributed by atoms with Crippen LogP contribution < -0.4 is 19.5 Å². The number of likely N-dealkylation sites (tertiary alicyclic amines) is 1. The third kappa shape index (κ3) is 4.76. The molecule has 0 aromatic heterocycles. The maximum Gasteiger partial charge on any atom is 0.234 e. The molecule has 0 radical (unpaired) electrons. The number of nitrogens with one attached hydrogen (secondary N) is 1. The molecule has 0 bridgehead atoms. The Hall–Kier alpha value is -1.95. The molecule has 6 nitrogen and oxygen atoms in total. The maximum absolute atomic E-state index is 12.1. The van der Waals surface area contributed by atoms with Gasteiger partial charge >= 0.3 is 0 Å². The van der Waals surface area contributed by atoms with E-state index >= 15 is 0 Å². The first-order valence-corrected chi connectivity index (χ1v) is 7.96. The van der Waals surface area contributed by atoms with Crippen molar-refractivity contribution in [2.24, 2.45) is 0 Å². The fourth-order valence-electron chi connectivity index (χ4n) is 2.81. The Bertz CT molecular complexity index is 502. The van der Waals surface area contributed by atoms with Crippen LogP contribution in [0.5, 0.6) is 17.2 Å². The lowest BCUT2D eigenvalue weighted by molar-refractivity contribution is -0.122. The zero-order valence-corrected chi connectivity index (χ0v) is 14.2. The number of methoxy groups -OCH3 is 3. The van der Waals surface area contributed by atoms with Gasteiger partial charge in [0.15, 0.2) is 11.5 Å². The molecule has 2 rings (SSSR count). The molecular formula is C17H26N2O4. The van der Waals surface area contributed by atoms with Gasteiger partial charge in [0, 0.05) is 6.54 Å². The van der Waals surface area contributed by atoms with Crippen molar-refractivity contribution < 1.29 is 19.0 Å². The second-order valence-electron chi connectivity index (χ2n) is 5.65. The number of carbonyl (C=O) groups is 1. The number of carbonyl (C=O) groups excluding carboxylic acids is 1. The van der Waals surface area contributed by atoms with Gasteiger partial charge in [-0.05, 0) is 43.6 Å². The van der Waals surface area contributed by atoms with Crippen LogP contribution in [-0.2, 0) is 11.3 Å². The monoisotopic (exact) mass is 322 g/mol. The average molecular weight is 322 g/mol. The molecule has 0 spiro atoms. The molecule has 1 aromatic rings. The number of rotatable bonds is 7. The Morgan fingerprint density at radius 2 is 1.65 bits per heavy atom. The largest absolute Gasteiger partial charge is 0.493 e. The summed E-state index contributed by atoms with van der Waals surface area (Å²) in [6.07, 6.45) is 3.63. The van der Waals surface area contributed by atoms with Crippen LogP contribution in [0.15, 0.2) is 12.1 Å². The van der Waals surface area contributed by atoms with Crippen molar-refractivity contribution in [2.45, 2.75) is 25.8 Å². The topological polar surface area (TPSA) is 60.0 Å². The molecule has 0 unspecified atom stereocenters. The highest BCUT2D eigenvalue weighted by atomic mass is 16.5. The zero-order valence-electron chi connectivity index (χ0n) is 14.2. The van der Waals surface area contributed by atoms with Crippen LogP contribution in [0.2, 0.25) is 0 Å². The van der Waals surface area contributed by atoms with Crippen molar-refractivity contribution in [3.63, 3.8) is 0 Å². The van der Waals surface area contributed by atoms with E-state index in [1.807, 2.05) is 12.1 Å². The number of amides is 1. The standard InChI is InChI=1S/C17H26N2O4/c1-21-14-9-13(10-15(22-2)17(14)23-3)11-18-16(20)12-19-7-5-4-6-8-19/h9-10H,4-8,11-12H2,1-3H3,(H,18,20). The Morgan fingerprint density at radius 1 is 1.04 bits per heavy atom. The van der Waals surface area contributed by atoms with Crippen molar-refractivity contribution in [1.82, 2.24) is 10.2 Å². The lowest BCUT2D eigenvalue weighted by Crippen LogP contribution is -2.39. The van der Waals surface area contributed by atoms with E-state index in [1.54, 1.807) is 21.3 Å². The van der Waals surface area contributed by atoms with Gasteiger partial charge in [0.05, 0.1) is 27.9 Å². The van der Waals surface area contributed by atoms with Crippen LogP contribution in [0, 0.1) is 0 Å². The molecule has 1 heterocycles. The summed E-state index contributed by atoms with van der Waals surface area (Å²) in [5.41, 5.74) is 0.909. The van der Waals surface area contributed by atoms with E-state index in [2.05, 4.69) is 10.2 Å². The Labute approximate surface area is 137 Å². The van der Waals surface area contributed by atoms with E-state index in [0.29, 0.717) is 30.3 Å². The van der Waals surface area contributed by atoms with Gasteiger partial charge in [-0.2, -0.15) is 0 Å². The quantitative estimate of drug-likeness (QED) is 0.830. The first-order chi connectivity index (χ1) is 11.2. The SMILES string of the molecule is COc1cc(CNC(=O)CN2CCCCC2)cc(OC)c1OC. The van der Waals surface area contributed by atoms with Gasteiger partial charge in [-0.25, -0.2) is 0 Å². The lowest BCUT2D eigenvalue weighted by Gasteiger charge is -2.25. The van der Waals surface area contributed by atoms with Crippen LogP contribution in [0.4, 0.5) is 0 Å². The second-order valence-corrected chi connectivity index (χ2v) is 5.65. The van der Waals surface area contributed by atoms with Crippen LogP contribution in [0.3, 0.4) is 0 Å². The summed E-state index contributed by atoms with van der Waals surface area (Å²) in [4.78, 5) is 14.3. The van der Waals surface area contributed by atoms with Gasteiger partial charge in [0.2, 0.25) is 11.7 Å². The molecule has 1 N–H and O–H groups in total. The Morgan fingerprint density at radius 3 is 2.17 bits per heavy atom. The normalized spacial score (nSPS) is 15.1. The smallest absolute Gasteiger partial charge is 0.234 e. The third-order valence-corrected chi connectivity index (χ3v) is 4.03. The summed E-state index contributed by atoms with van der Waals surface area (Å²) in [6.45, 7) is 2.92. The Balaban J connectivity index is 1.95. The van der Waals surface area contributed by atoms with Crippen molar-refractivity contribution in [2.75, 3.05) is 41.0 Å². The number of benzene rings is 1. The number of hydrogen-bond donors (Lipinski definition) is 1. The van der Waals surface area contributed by atoms with Crippen molar-refractivity contribution in [1.29, 1.82) is 0 Å². The molecule has 1 aliphatic heterocycles. The fourth-order valence-corrected chi connectivity index (χ4v) is 2.81. The highest BCUT2D eigenvalue weighted by Gasteiger charge is 2.15. The molecule has 6 heteroatoms. The number of hydrogen-bond acceptors (Lipinski definition) is 5. The minimum atomic E-state index is 0.0423. The molecule has 0 saturated carbocycles. The van der Waals surface area contributed by atoms with Gasteiger partial charge in [-0.3, -0.25) is 9.69 Å². The Kier molecular flexibility index (Phi) is 6.52. The minimum Gasteiger partial charge on any atom is -0.493 e. The second kappa shape index (κ2) is 8.62. The lowest BCUT2D eigenvalue weighted by atomic mass is 10.1. The molecule has 1 fully saturated rings. The van der Waals surface area contributed by atoms with Gasteiger partial charge in [0.25, 0.3) is 0 Å². The summed E-state index contributed by atoms with van der Waals surface area (Å²) < 4.78 is 15.9. The number of ether oxygens (including phenoxy) is 3. The van der Waals surface area contributed by atoms with E-state index in [0.717, 1.165) is 18.7 Å². The molecule has 1 aromatic carbocycles. The molecule has 1 amide bonds. The molecule has 23 heavy (non-hydrogen) atoms.